The summed E-state index contributed by atoms with van der Waals surface area (Å²) in [6.07, 6.45) is 4.91. The Morgan fingerprint density at radius 3 is 1.72 bits per heavy atom. The highest BCUT2D eigenvalue weighted by molar-refractivity contribution is 8.93. The predicted octanol–water partition coefficient (Wildman–Crippen LogP) is 3.91. The monoisotopic (exact) mass is 313 g/mol. The number of unbranched alkanes of at least 4 members (excludes halogenated alkanes) is 2. The molecule has 0 radical (unpaired) electrons. The summed E-state index contributed by atoms with van der Waals surface area (Å²) in [7, 11) is 0. The number of nitrogens with one attached hydrogen (secondary N) is 1. The highest BCUT2D eigenvalue weighted by atomic mass is 79.9. The molecule has 4 heteroatoms. The summed E-state index contributed by atoms with van der Waals surface area (Å²) in [6, 6.07) is 8.62. The van der Waals surface area contributed by atoms with Crippen molar-refractivity contribution in [3.05, 3.63) is 24.3 Å². The summed E-state index contributed by atoms with van der Waals surface area (Å²) in [5.41, 5.74) is 6.13. The first-order valence-corrected chi connectivity index (χ1v) is 6.77. The van der Waals surface area contributed by atoms with Crippen molar-refractivity contribution in [2.45, 2.75) is 39.5 Å². The van der Waals surface area contributed by atoms with Crippen molar-refractivity contribution in [3.63, 3.8) is 0 Å². The summed E-state index contributed by atoms with van der Waals surface area (Å²) >= 11 is 0. The van der Waals surface area contributed by atoms with E-state index in [0.717, 1.165) is 13.1 Å². The third kappa shape index (κ3) is 3.39. The Hall–Kier alpha value is -0.740. The van der Waals surface area contributed by atoms with Crippen molar-refractivity contribution in [1.29, 1.82) is 0 Å². The normalized spacial score (nSPS) is 13.4. The zero-order valence-electron chi connectivity index (χ0n) is 11.4. The molecule has 1 aliphatic rings. The van der Waals surface area contributed by atoms with Crippen molar-refractivity contribution in [3.8, 4) is 0 Å². The molecule has 1 heterocycles. The average Bonchev–Trinajstić information content (AvgIpc) is 2.72. The van der Waals surface area contributed by atoms with E-state index in [1.54, 1.807) is 0 Å². The lowest BCUT2D eigenvalue weighted by Crippen LogP contribution is -2.45. The van der Waals surface area contributed by atoms with Crippen LogP contribution in [-0.4, -0.2) is 13.1 Å². The fourth-order valence-corrected chi connectivity index (χ4v) is 2.15. The second-order valence-corrected chi connectivity index (χ2v) is 4.60. The number of anilines is 2. The highest BCUT2D eigenvalue weighted by Crippen LogP contribution is 2.32. The molecule has 0 bridgehead atoms. The van der Waals surface area contributed by atoms with Gasteiger partial charge < -0.3 is 0 Å². The number of rotatable bonds is 6. The number of halogens is 1. The number of hydrogen-bond acceptors (Lipinski definition) is 3. The van der Waals surface area contributed by atoms with Crippen molar-refractivity contribution in [1.82, 2.24) is 5.53 Å². The highest BCUT2D eigenvalue weighted by Gasteiger charge is 2.23. The van der Waals surface area contributed by atoms with E-state index in [2.05, 4.69) is 53.7 Å². The van der Waals surface area contributed by atoms with Gasteiger partial charge in [-0.05, 0) is 25.0 Å². The van der Waals surface area contributed by atoms with Crippen LogP contribution in [0.4, 0.5) is 11.4 Å². The van der Waals surface area contributed by atoms with Crippen LogP contribution in [0.15, 0.2) is 24.3 Å². The van der Waals surface area contributed by atoms with E-state index >= 15 is 0 Å². The molecule has 0 aromatic heterocycles. The molecular weight excluding hydrogens is 290 g/mol. The molecule has 0 spiro atoms. The van der Waals surface area contributed by atoms with Crippen LogP contribution in [0.2, 0.25) is 0 Å². The zero-order chi connectivity index (χ0) is 12.1. The summed E-state index contributed by atoms with van der Waals surface area (Å²) in [4.78, 5) is 0. The van der Waals surface area contributed by atoms with Crippen LogP contribution >= 0.6 is 17.0 Å². The summed E-state index contributed by atoms with van der Waals surface area (Å²) in [5, 5.41) is 4.54. The van der Waals surface area contributed by atoms with E-state index in [1.165, 1.54) is 37.1 Å². The van der Waals surface area contributed by atoms with Gasteiger partial charge in [0, 0.05) is 13.1 Å². The molecule has 1 N–H and O–H groups in total. The molecule has 3 nitrogen and oxygen atoms in total. The van der Waals surface area contributed by atoms with Gasteiger partial charge in [0.15, 0.2) is 0 Å². The fraction of sp³-hybridized carbons (Fsp3) is 0.571. The van der Waals surface area contributed by atoms with E-state index in [9.17, 15) is 0 Å². The van der Waals surface area contributed by atoms with Crippen LogP contribution < -0.4 is 15.6 Å². The third-order valence-corrected chi connectivity index (χ3v) is 3.18. The fourth-order valence-electron chi connectivity index (χ4n) is 2.15. The average molecular weight is 314 g/mol. The predicted molar refractivity (Wildman–Crippen MR) is 84.4 cm³/mol. The Morgan fingerprint density at radius 2 is 1.33 bits per heavy atom. The number of nitrogens with zero attached hydrogens (tertiary/aromatic N) is 2. The van der Waals surface area contributed by atoms with Crippen molar-refractivity contribution < 1.29 is 0 Å². The standard InChI is InChI=1S/C14H23N3.BrH/c1-3-5-11-16-13-9-7-8-10-14(13)17(15-16)12-6-4-2;/h7-10,15H,3-6,11-12H2,1-2H3;1H. The first-order valence-electron chi connectivity index (χ1n) is 6.77. The quantitative estimate of drug-likeness (QED) is 0.859. The first-order chi connectivity index (χ1) is 8.36. The Bertz CT molecular complexity index is 324. The molecule has 1 aromatic rings. The number of hydrogen-bond donors (Lipinski definition) is 1. The lowest BCUT2D eigenvalue weighted by atomic mass is 10.2. The summed E-state index contributed by atoms with van der Waals surface area (Å²) < 4.78 is 0. The van der Waals surface area contributed by atoms with Crippen LogP contribution in [0.3, 0.4) is 0 Å². The van der Waals surface area contributed by atoms with Crippen LogP contribution in [0.25, 0.3) is 0 Å². The maximum Gasteiger partial charge on any atom is 0.0785 e. The van der Waals surface area contributed by atoms with Crippen molar-refractivity contribution in [2.75, 3.05) is 23.1 Å². The number of para-hydroxylation sites is 2. The van der Waals surface area contributed by atoms with E-state index in [4.69, 9.17) is 0 Å². The van der Waals surface area contributed by atoms with E-state index in [1.807, 2.05) is 0 Å². The Balaban J connectivity index is 0.00000162. The van der Waals surface area contributed by atoms with Crippen LogP contribution in [-0.2, 0) is 0 Å². The smallest absolute Gasteiger partial charge is 0.0785 e. The van der Waals surface area contributed by atoms with Gasteiger partial charge in [0.1, 0.15) is 0 Å². The molecule has 0 saturated carbocycles. The van der Waals surface area contributed by atoms with Gasteiger partial charge in [-0.2, -0.15) is 0 Å². The summed E-state index contributed by atoms with van der Waals surface area (Å²) in [5.74, 6) is 0. The topological polar surface area (TPSA) is 18.5 Å². The molecule has 102 valence electrons. The second-order valence-electron chi connectivity index (χ2n) is 4.60. The molecule has 2 rings (SSSR count). The minimum absolute atomic E-state index is 0. The van der Waals surface area contributed by atoms with Gasteiger partial charge in [-0.25, -0.2) is 0 Å². The Kier molecular flexibility index (Phi) is 6.50. The summed E-state index contributed by atoms with van der Waals surface area (Å²) in [6.45, 7) is 6.62. The van der Waals surface area contributed by atoms with Crippen LogP contribution in [0.1, 0.15) is 39.5 Å². The van der Waals surface area contributed by atoms with Gasteiger partial charge >= 0.3 is 0 Å². The van der Waals surface area contributed by atoms with Crippen LogP contribution in [0, 0.1) is 0 Å². The van der Waals surface area contributed by atoms with E-state index in [-0.39, 0.29) is 17.0 Å². The van der Waals surface area contributed by atoms with E-state index < -0.39 is 0 Å². The molecule has 0 aliphatic carbocycles. The third-order valence-electron chi connectivity index (χ3n) is 3.18. The first kappa shape index (κ1) is 15.3. The Morgan fingerprint density at radius 1 is 0.889 bits per heavy atom. The maximum atomic E-state index is 3.49. The molecule has 0 amide bonds. The lowest BCUT2D eigenvalue weighted by Gasteiger charge is -2.22. The molecule has 18 heavy (non-hydrogen) atoms. The zero-order valence-corrected chi connectivity index (χ0v) is 13.1. The van der Waals surface area contributed by atoms with Crippen molar-refractivity contribution in [2.24, 2.45) is 0 Å². The largest absolute Gasteiger partial charge is 0.289 e. The van der Waals surface area contributed by atoms with Gasteiger partial charge in [-0.15, -0.1) is 22.5 Å². The maximum absolute atomic E-state index is 3.49. The lowest BCUT2D eigenvalue weighted by molar-refractivity contribution is 0.579. The molecule has 0 fully saturated rings. The van der Waals surface area contributed by atoms with Gasteiger partial charge in [-0.1, -0.05) is 38.8 Å². The molecular formula is C14H24BrN3. The minimum Gasteiger partial charge on any atom is -0.289 e. The number of fused-ring (bicyclic) bond motifs is 1. The van der Waals surface area contributed by atoms with Gasteiger partial charge in [-0.3, -0.25) is 10.0 Å². The molecule has 1 aliphatic heterocycles. The number of benzene rings is 1. The molecule has 0 atom stereocenters. The molecule has 0 saturated heterocycles. The number of hydrazine groups is 2. The SMILES string of the molecule is Br.CCCCN1NN(CCCC)c2ccccc21. The molecule has 0 unspecified atom stereocenters. The van der Waals surface area contributed by atoms with Gasteiger partial charge in [0.25, 0.3) is 0 Å². The van der Waals surface area contributed by atoms with Crippen molar-refractivity contribution >= 4 is 28.4 Å². The second kappa shape index (κ2) is 7.64. The molecule has 1 aromatic carbocycles. The van der Waals surface area contributed by atoms with Crippen LogP contribution in [0.5, 0.6) is 0 Å². The van der Waals surface area contributed by atoms with Gasteiger partial charge in [0.2, 0.25) is 0 Å². The Labute approximate surface area is 121 Å². The van der Waals surface area contributed by atoms with E-state index in [0.29, 0.717) is 0 Å². The van der Waals surface area contributed by atoms with Gasteiger partial charge in [0.05, 0.1) is 11.4 Å². The minimum atomic E-state index is 0.